The Morgan fingerprint density at radius 1 is 0.839 bits per heavy atom. The Hall–Kier alpha value is -3.24. The second-order valence-electron chi connectivity index (χ2n) is 8.73. The average molecular weight is 411 g/mol. The van der Waals surface area contributed by atoms with Crippen molar-refractivity contribution in [3.05, 3.63) is 107 Å². The zero-order valence-electron chi connectivity index (χ0n) is 17.7. The summed E-state index contributed by atoms with van der Waals surface area (Å²) >= 11 is 0. The van der Waals surface area contributed by atoms with Crippen molar-refractivity contribution >= 4 is 11.4 Å². The lowest BCUT2D eigenvalue weighted by Crippen LogP contribution is -2.53. The number of nitrogens with zero attached hydrogens (tertiary/aromatic N) is 2. The van der Waals surface area contributed by atoms with Crippen LogP contribution in [0.15, 0.2) is 107 Å². The van der Waals surface area contributed by atoms with Gasteiger partial charge in [0.25, 0.3) is 0 Å². The number of hydrogen-bond donors (Lipinski definition) is 0. The topological polar surface area (TPSA) is 24.9 Å². The van der Waals surface area contributed by atoms with Gasteiger partial charge >= 0.3 is 0 Å². The first-order chi connectivity index (χ1) is 15.2. The van der Waals surface area contributed by atoms with E-state index in [0.717, 1.165) is 18.8 Å². The Morgan fingerprint density at radius 3 is 2.23 bits per heavy atom. The van der Waals surface area contributed by atoms with Crippen molar-refractivity contribution in [2.75, 3.05) is 36.4 Å². The van der Waals surface area contributed by atoms with Crippen LogP contribution in [0.2, 0.25) is 0 Å². The van der Waals surface area contributed by atoms with Crippen LogP contribution in [0.1, 0.15) is 6.92 Å². The van der Waals surface area contributed by atoms with E-state index in [1.807, 2.05) is 6.07 Å². The number of hydrogen-bond acceptors (Lipinski definition) is 4. The summed E-state index contributed by atoms with van der Waals surface area (Å²) in [6, 6.07) is 20.9. The summed E-state index contributed by atoms with van der Waals surface area (Å²) in [6.45, 7) is 5.12. The maximum Gasteiger partial charge on any atom is 0.161 e. The number of anilines is 2. The first-order valence-corrected chi connectivity index (χ1v) is 10.9. The van der Waals surface area contributed by atoms with Crippen LogP contribution in [0.5, 0.6) is 0 Å². The molecule has 0 aromatic heterocycles. The third-order valence-electron chi connectivity index (χ3n) is 6.92. The first kappa shape index (κ1) is 18.5. The maximum absolute atomic E-state index is 6.55. The molecule has 2 atom stereocenters. The molecule has 4 heteroatoms. The Morgan fingerprint density at radius 2 is 1.52 bits per heavy atom. The third-order valence-corrected chi connectivity index (χ3v) is 6.92. The second kappa shape index (κ2) is 7.17. The van der Waals surface area contributed by atoms with Crippen LogP contribution in [0.3, 0.4) is 0 Å². The average Bonchev–Trinajstić information content (AvgIpc) is 2.84. The molecule has 0 amide bonds. The summed E-state index contributed by atoms with van der Waals surface area (Å²) in [6.07, 6.45) is 9.05. The Labute approximate surface area is 183 Å². The molecule has 0 radical (unpaired) electrons. The molecule has 1 fully saturated rings. The first-order valence-electron chi connectivity index (χ1n) is 10.9. The van der Waals surface area contributed by atoms with Crippen LogP contribution in [-0.2, 0) is 9.47 Å². The van der Waals surface area contributed by atoms with Gasteiger partial charge < -0.3 is 19.3 Å². The molecule has 0 spiro atoms. The van der Waals surface area contributed by atoms with Crippen LogP contribution in [-0.4, -0.2) is 32.2 Å². The number of para-hydroxylation sites is 2. The number of fused-ring (bicyclic) bond motifs is 4. The Kier molecular flexibility index (Phi) is 4.29. The van der Waals surface area contributed by atoms with E-state index in [2.05, 4.69) is 95.6 Å². The molecule has 2 aromatic carbocycles. The van der Waals surface area contributed by atoms with Crippen LogP contribution in [0.4, 0.5) is 11.4 Å². The van der Waals surface area contributed by atoms with Gasteiger partial charge in [0.1, 0.15) is 18.1 Å². The van der Waals surface area contributed by atoms with Crippen molar-refractivity contribution in [3.8, 4) is 0 Å². The normalized spacial score (nSPS) is 26.9. The molecule has 0 bridgehead atoms. The molecule has 31 heavy (non-hydrogen) atoms. The minimum absolute atomic E-state index is 0.174. The van der Waals surface area contributed by atoms with Crippen molar-refractivity contribution in [2.45, 2.75) is 12.5 Å². The van der Waals surface area contributed by atoms with Crippen LogP contribution < -0.4 is 9.80 Å². The number of allylic oxidation sites excluding steroid dienone is 3. The summed E-state index contributed by atoms with van der Waals surface area (Å²) in [5.41, 5.74) is 5.83. The predicted octanol–water partition coefficient (Wildman–Crippen LogP) is 5.04. The molecule has 1 saturated heterocycles. The minimum atomic E-state index is -0.343. The van der Waals surface area contributed by atoms with Gasteiger partial charge in [-0.05, 0) is 36.8 Å². The fourth-order valence-electron chi connectivity index (χ4n) is 5.09. The monoisotopic (exact) mass is 410 g/mol. The van der Waals surface area contributed by atoms with Crippen molar-refractivity contribution in [3.63, 3.8) is 0 Å². The second-order valence-corrected chi connectivity index (χ2v) is 8.73. The predicted molar refractivity (Wildman–Crippen MR) is 124 cm³/mol. The molecular weight excluding hydrogens is 384 g/mol. The smallest absolute Gasteiger partial charge is 0.161 e. The molecule has 6 rings (SSSR count). The van der Waals surface area contributed by atoms with Gasteiger partial charge in [-0.15, -0.1) is 0 Å². The van der Waals surface area contributed by atoms with E-state index in [9.17, 15) is 0 Å². The molecule has 4 nitrogen and oxygen atoms in total. The molecule has 2 aromatic rings. The SMILES string of the molecule is CC12OCN(c3ccccc3)CC1=CC=C1C3=C(C=CC12)CN(c1ccccc1)CO3. The number of ether oxygens (including phenoxy) is 2. The van der Waals surface area contributed by atoms with Gasteiger partial charge in [-0.2, -0.15) is 0 Å². The van der Waals surface area contributed by atoms with E-state index in [1.54, 1.807) is 0 Å². The molecule has 2 heterocycles. The van der Waals surface area contributed by atoms with E-state index in [4.69, 9.17) is 9.47 Å². The number of rotatable bonds is 2. The van der Waals surface area contributed by atoms with Gasteiger partial charge in [-0.1, -0.05) is 60.7 Å². The summed E-state index contributed by atoms with van der Waals surface area (Å²) < 4.78 is 12.9. The molecule has 2 unspecified atom stereocenters. The molecule has 2 aliphatic carbocycles. The van der Waals surface area contributed by atoms with Crippen molar-refractivity contribution in [1.82, 2.24) is 0 Å². The lowest BCUT2D eigenvalue weighted by molar-refractivity contribution is -0.0421. The van der Waals surface area contributed by atoms with Crippen LogP contribution in [0, 0.1) is 5.92 Å². The van der Waals surface area contributed by atoms with Gasteiger partial charge in [0.05, 0.1) is 0 Å². The van der Waals surface area contributed by atoms with E-state index in [0.29, 0.717) is 13.5 Å². The quantitative estimate of drug-likeness (QED) is 0.693. The van der Waals surface area contributed by atoms with E-state index >= 15 is 0 Å². The van der Waals surface area contributed by atoms with Gasteiger partial charge in [0, 0.05) is 41.5 Å². The summed E-state index contributed by atoms with van der Waals surface area (Å²) in [5, 5.41) is 0. The van der Waals surface area contributed by atoms with Crippen molar-refractivity contribution < 1.29 is 9.47 Å². The lowest BCUT2D eigenvalue weighted by atomic mass is 9.70. The molecule has 0 saturated carbocycles. The largest absolute Gasteiger partial charge is 0.472 e. The Bertz CT molecular complexity index is 1120. The Balaban J connectivity index is 1.29. The third kappa shape index (κ3) is 3.02. The fourth-order valence-corrected chi connectivity index (χ4v) is 5.09. The van der Waals surface area contributed by atoms with Gasteiger partial charge in [0.2, 0.25) is 0 Å². The van der Waals surface area contributed by atoms with Gasteiger partial charge in [-0.25, -0.2) is 0 Å². The van der Waals surface area contributed by atoms with Gasteiger partial charge in [-0.3, -0.25) is 0 Å². The standard InChI is InChI=1S/C27H26N2O2/c1-27-21(17-29(19-31-27)23-10-6-3-7-11-23)13-14-24-25(27)15-12-20-16-28(18-30-26(20)24)22-8-4-2-5-9-22/h2-15,25H,16-19H2,1H3. The fraction of sp³-hybridized carbons (Fsp3) is 0.259. The summed E-state index contributed by atoms with van der Waals surface area (Å²) in [5.74, 6) is 1.21. The molecule has 156 valence electrons. The molecule has 2 aliphatic heterocycles. The highest BCUT2D eigenvalue weighted by Gasteiger charge is 2.47. The molecular formula is C27H26N2O2. The van der Waals surface area contributed by atoms with E-state index < -0.39 is 0 Å². The van der Waals surface area contributed by atoms with Crippen LogP contribution >= 0.6 is 0 Å². The van der Waals surface area contributed by atoms with Crippen molar-refractivity contribution in [2.24, 2.45) is 5.92 Å². The molecule has 0 N–H and O–H groups in total. The maximum atomic E-state index is 6.55. The van der Waals surface area contributed by atoms with E-state index in [-0.39, 0.29) is 11.5 Å². The summed E-state index contributed by atoms with van der Waals surface area (Å²) in [7, 11) is 0. The lowest BCUT2D eigenvalue weighted by Gasteiger charge is -2.49. The highest BCUT2D eigenvalue weighted by Crippen LogP contribution is 2.47. The van der Waals surface area contributed by atoms with Crippen LogP contribution in [0.25, 0.3) is 0 Å². The van der Waals surface area contributed by atoms with Gasteiger partial charge in [0.15, 0.2) is 6.73 Å². The number of benzene rings is 2. The molecule has 4 aliphatic rings. The summed E-state index contributed by atoms with van der Waals surface area (Å²) in [4.78, 5) is 4.56. The van der Waals surface area contributed by atoms with E-state index in [1.165, 1.54) is 28.1 Å². The highest BCUT2D eigenvalue weighted by molar-refractivity contribution is 5.58. The highest BCUT2D eigenvalue weighted by atomic mass is 16.5. The minimum Gasteiger partial charge on any atom is -0.472 e. The zero-order chi connectivity index (χ0) is 20.8. The zero-order valence-corrected chi connectivity index (χ0v) is 17.7. The van der Waals surface area contributed by atoms with Crippen molar-refractivity contribution in [1.29, 1.82) is 0 Å².